The van der Waals surface area contributed by atoms with Crippen molar-refractivity contribution in [3.8, 4) is 0 Å². The fourth-order valence-corrected chi connectivity index (χ4v) is 4.30. The number of rotatable bonds is 4. The number of nitrogens with zero attached hydrogens (tertiary/aromatic N) is 1. The second kappa shape index (κ2) is 8.55. The summed E-state index contributed by atoms with van der Waals surface area (Å²) in [4.78, 5) is 11.0. The van der Waals surface area contributed by atoms with Crippen LogP contribution in [0.2, 0.25) is 0 Å². The molecule has 1 heterocycles. The van der Waals surface area contributed by atoms with Crippen LogP contribution in [0.15, 0.2) is 23.1 Å². The van der Waals surface area contributed by atoms with Crippen molar-refractivity contribution in [1.29, 1.82) is 0 Å². The predicted octanol–water partition coefficient (Wildman–Crippen LogP) is 2.29. The molecule has 1 aliphatic rings. The lowest BCUT2D eigenvalue weighted by atomic mass is 10.1. The molecule has 1 N–H and O–H groups in total. The molecule has 1 unspecified atom stereocenters. The summed E-state index contributed by atoms with van der Waals surface area (Å²) in [6, 6.07) is 2.27. The van der Waals surface area contributed by atoms with E-state index in [9.17, 15) is 26.4 Å². The molecule has 1 aromatic rings. The van der Waals surface area contributed by atoms with Gasteiger partial charge in [-0.15, -0.1) is 12.4 Å². The van der Waals surface area contributed by atoms with Crippen LogP contribution >= 0.6 is 12.4 Å². The van der Waals surface area contributed by atoms with E-state index in [0.717, 1.165) is 30.0 Å². The summed E-state index contributed by atoms with van der Waals surface area (Å²) in [6.07, 6.45) is -3.49. The lowest BCUT2D eigenvalue weighted by molar-refractivity contribution is -0.138. The van der Waals surface area contributed by atoms with Gasteiger partial charge < -0.3 is 10.1 Å². The SMILES string of the molecule is CNC1CCCN(S(=O)(=O)c2ccc(C(=O)OC)c(C(F)(F)F)c2)C1.Cl. The zero-order valence-electron chi connectivity index (χ0n) is 14.2. The number of benzene rings is 1. The zero-order valence-corrected chi connectivity index (χ0v) is 15.8. The first-order valence-corrected chi connectivity index (χ1v) is 9.02. The molecule has 148 valence electrons. The number of ether oxygens (including phenoxy) is 1. The number of methoxy groups -OCH3 is 1. The van der Waals surface area contributed by atoms with Gasteiger partial charge in [0.05, 0.1) is 23.1 Å². The Morgan fingerprint density at radius 1 is 1.35 bits per heavy atom. The van der Waals surface area contributed by atoms with Gasteiger partial charge in [-0.1, -0.05) is 0 Å². The molecular formula is C15H20ClF3N2O4S. The highest BCUT2D eigenvalue weighted by molar-refractivity contribution is 7.89. The molecule has 11 heteroatoms. The number of sulfonamides is 1. The van der Waals surface area contributed by atoms with E-state index >= 15 is 0 Å². The van der Waals surface area contributed by atoms with Crippen molar-refractivity contribution in [1.82, 2.24) is 9.62 Å². The second-order valence-corrected chi connectivity index (χ2v) is 7.63. The van der Waals surface area contributed by atoms with E-state index in [0.29, 0.717) is 12.5 Å². The topological polar surface area (TPSA) is 75.7 Å². The number of alkyl halides is 3. The third-order valence-corrected chi connectivity index (χ3v) is 5.99. The van der Waals surface area contributed by atoms with Gasteiger partial charge in [0.25, 0.3) is 0 Å². The van der Waals surface area contributed by atoms with Gasteiger partial charge in [-0.05, 0) is 38.1 Å². The minimum absolute atomic E-state index is 0. The molecule has 0 aliphatic carbocycles. The molecule has 0 radical (unpaired) electrons. The molecule has 0 bridgehead atoms. The van der Waals surface area contributed by atoms with Crippen LogP contribution in [0.4, 0.5) is 13.2 Å². The van der Waals surface area contributed by atoms with Gasteiger partial charge in [0, 0.05) is 19.1 Å². The highest BCUT2D eigenvalue weighted by atomic mass is 35.5. The fourth-order valence-electron chi connectivity index (χ4n) is 2.75. The van der Waals surface area contributed by atoms with Crippen molar-refractivity contribution in [2.75, 3.05) is 27.2 Å². The highest BCUT2D eigenvalue weighted by Gasteiger charge is 2.38. The number of carbonyl (C=O) groups excluding carboxylic acids is 1. The smallest absolute Gasteiger partial charge is 0.417 e. The summed E-state index contributed by atoms with van der Waals surface area (Å²) >= 11 is 0. The van der Waals surface area contributed by atoms with E-state index in [1.54, 1.807) is 7.05 Å². The van der Waals surface area contributed by atoms with Gasteiger partial charge in [-0.25, -0.2) is 13.2 Å². The van der Waals surface area contributed by atoms with Crippen molar-refractivity contribution >= 4 is 28.4 Å². The molecule has 6 nitrogen and oxygen atoms in total. The van der Waals surface area contributed by atoms with Gasteiger partial charge >= 0.3 is 12.1 Å². The van der Waals surface area contributed by atoms with Crippen LogP contribution in [0.25, 0.3) is 0 Å². The average molecular weight is 417 g/mol. The lowest BCUT2D eigenvalue weighted by Crippen LogP contribution is -2.46. The van der Waals surface area contributed by atoms with E-state index in [4.69, 9.17) is 0 Å². The number of hydrogen-bond acceptors (Lipinski definition) is 5. The summed E-state index contributed by atoms with van der Waals surface area (Å²) in [6.45, 7) is 0.416. The maximum absolute atomic E-state index is 13.2. The molecule has 1 atom stereocenters. The minimum atomic E-state index is -4.88. The summed E-state index contributed by atoms with van der Waals surface area (Å²) in [5, 5.41) is 2.98. The number of esters is 1. The summed E-state index contributed by atoms with van der Waals surface area (Å²) in [5.74, 6) is -1.18. The highest BCUT2D eigenvalue weighted by Crippen LogP contribution is 2.34. The first-order chi connectivity index (χ1) is 11.6. The molecule has 0 aromatic heterocycles. The average Bonchev–Trinajstić information content (AvgIpc) is 2.59. The van der Waals surface area contributed by atoms with Gasteiger partial charge in [-0.2, -0.15) is 17.5 Å². The van der Waals surface area contributed by atoms with E-state index < -0.39 is 38.2 Å². The Morgan fingerprint density at radius 2 is 2.00 bits per heavy atom. The molecule has 1 aromatic carbocycles. The molecule has 1 aliphatic heterocycles. The molecule has 26 heavy (non-hydrogen) atoms. The maximum Gasteiger partial charge on any atom is 0.417 e. The third kappa shape index (κ3) is 4.67. The standard InChI is InChI=1S/C15H19F3N2O4S.ClH/c1-19-10-4-3-7-20(9-10)25(22,23)11-5-6-12(14(21)24-2)13(8-11)15(16,17)18;/h5-6,8,10,19H,3-4,7,9H2,1-2H3;1H. The Hall–Kier alpha value is -1.36. The van der Waals surface area contributed by atoms with Gasteiger partial charge in [0.1, 0.15) is 0 Å². The number of piperidine rings is 1. The van der Waals surface area contributed by atoms with Gasteiger partial charge in [0.15, 0.2) is 0 Å². The normalized spacial score (nSPS) is 18.9. The number of likely N-dealkylation sites (N-methyl/N-ethyl adjacent to an activating group) is 1. The largest absolute Gasteiger partial charge is 0.465 e. The van der Waals surface area contributed by atoms with E-state index in [1.807, 2.05) is 0 Å². The van der Waals surface area contributed by atoms with Crippen LogP contribution < -0.4 is 5.32 Å². The van der Waals surface area contributed by atoms with Crippen molar-refractivity contribution in [2.24, 2.45) is 0 Å². The monoisotopic (exact) mass is 416 g/mol. The summed E-state index contributed by atoms with van der Waals surface area (Å²) in [5.41, 5.74) is -2.05. The Balaban J connectivity index is 0.00000338. The Morgan fingerprint density at radius 3 is 2.54 bits per heavy atom. The van der Waals surface area contributed by atoms with Crippen molar-refractivity contribution in [3.63, 3.8) is 0 Å². The number of halogens is 4. The first kappa shape index (κ1) is 22.7. The Labute approximate surface area is 156 Å². The molecule has 0 spiro atoms. The van der Waals surface area contributed by atoms with Crippen LogP contribution in [0.5, 0.6) is 0 Å². The molecule has 0 amide bonds. The molecule has 1 saturated heterocycles. The van der Waals surface area contributed by atoms with Crippen molar-refractivity contribution in [2.45, 2.75) is 30.0 Å². The maximum atomic E-state index is 13.2. The van der Waals surface area contributed by atoms with E-state index in [2.05, 4.69) is 10.1 Å². The Bertz CT molecular complexity index is 756. The predicted molar refractivity (Wildman–Crippen MR) is 90.9 cm³/mol. The molecular weight excluding hydrogens is 397 g/mol. The van der Waals surface area contributed by atoms with Gasteiger partial charge in [-0.3, -0.25) is 0 Å². The number of carbonyl (C=O) groups is 1. The van der Waals surface area contributed by atoms with Crippen LogP contribution in [0, 0.1) is 0 Å². The quantitative estimate of drug-likeness (QED) is 0.762. The minimum Gasteiger partial charge on any atom is -0.465 e. The lowest BCUT2D eigenvalue weighted by Gasteiger charge is -2.31. The second-order valence-electron chi connectivity index (χ2n) is 5.69. The first-order valence-electron chi connectivity index (χ1n) is 7.58. The number of nitrogens with one attached hydrogen (secondary N) is 1. The number of hydrogen-bond donors (Lipinski definition) is 1. The van der Waals surface area contributed by atoms with E-state index in [-0.39, 0.29) is 31.5 Å². The summed E-state index contributed by atoms with van der Waals surface area (Å²) in [7, 11) is -1.44. The molecule has 1 fully saturated rings. The van der Waals surface area contributed by atoms with Crippen LogP contribution in [0.1, 0.15) is 28.8 Å². The van der Waals surface area contributed by atoms with Crippen molar-refractivity contribution < 1.29 is 31.1 Å². The third-order valence-electron chi connectivity index (χ3n) is 4.13. The summed E-state index contributed by atoms with van der Waals surface area (Å²) < 4.78 is 70.6. The Kier molecular flexibility index (Phi) is 7.46. The molecule has 0 saturated carbocycles. The zero-order chi connectivity index (χ0) is 18.8. The fraction of sp³-hybridized carbons (Fsp3) is 0.533. The van der Waals surface area contributed by atoms with Crippen LogP contribution in [-0.4, -0.2) is 52.0 Å². The van der Waals surface area contributed by atoms with Crippen LogP contribution in [-0.2, 0) is 20.9 Å². The van der Waals surface area contributed by atoms with E-state index in [1.165, 1.54) is 0 Å². The van der Waals surface area contributed by atoms with Crippen molar-refractivity contribution in [3.05, 3.63) is 29.3 Å². The van der Waals surface area contributed by atoms with Gasteiger partial charge in [0.2, 0.25) is 10.0 Å². The van der Waals surface area contributed by atoms with Crippen LogP contribution in [0.3, 0.4) is 0 Å². The molecule has 2 rings (SSSR count).